The predicted octanol–water partition coefficient (Wildman–Crippen LogP) is 14.9. The van der Waals surface area contributed by atoms with Gasteiger partial charge in [0.15, 0.2) is 0 Å². The summed E-state index contributed by atoms with van der Waals surface area (Å²) in [6, 6.07) is 69.5. The maximum Gasteiger partial charge on any atom is 0.130 e. The van der Waals surface area contributed by atoms with Crippen LogP contribution in [0.1, 0.15) is 38.8 Å². The second-order valence-electron chi connectivity index (χ2n) is 17.8. The number of benzene rings is 8. The van der Waals surface area contributed by atoms with Crippen LogP contribution in [0.25, 0.3) is 0 Å². The van der Waals surface area contributed by atoms with Crippen LogP contribution in [0.3, 0.4) is 0 Å². The molecule has 0 aromatic heterocycles. The van der Waals surface area contributed by atoms with Gasteiger partial charge in [0.25, 0.3) is 0 Å². The molecule has 2 atom stereocenters. The first-order valence-electron chi connectivity index (χ1n) is 26.2. The first kappa shape index (κ1) is 56.1. The monoisotopic (exact) mass is 1080 g/mol. The summed E-state index contributed by atoms with van der Waals surface area (Å²) in [6.45, 7) is 12.3. The predicted molar refractivity (Wildman–Crippen MR) is 327 cm³/mol. The third kappa shape index (κ3) is 16.4. The van der Waals surface area contributed by atoms with E-state index < -0.39 is 12.2 Å². The van der Waals surface area contributed by atoms with Crippen LogP contribution in [0, 0.1) is 0 Å². The number of ether oxygens (including phenoxy) is 2. The first-order valence-corrected chi connectivity index (χ1v) is 29.0. The third-order valence-electron chi connectivity index (χ3n) is 12.5. The van der Waals surface area contributed by atoms with Crippen molar-refractivity contribution in [3.05, 3.63) is 217 Å². The molecule has 396 valence electrons. The number of thioether (sulfide) groups is 2. The fraction of sp³-hybridized carbons (Fsp3) is 0.219. The van der Waals surface area contributed by atoms with E-state index in [2.05, 4.69) is 98.2 Å². The molecule has 0 radical (unpaired) electrons. The minimum atomic E-state index is -0.698. The topological polar surface area (TPSA) is 96.6 Å². The maximum atomic E-state index is 11.2. The molecule has 0 aliphatic heterocycles. The Bertz CT molecular complexity index is 2770. The molecular weight excluding hydrogens is 1010 g/mol. The SMILES string of the molecule is CCN(CC)c1ccc(/C=N/N(c2ccccc2)c2ccccc2)c(OCC(O)CSc2ccc(Sc3ccc(SCC(O)COc4cc(N(CC)CC)ccc4/C=N/N(c4ccccc4)c4ccccc4)cc3)cc2)c1. The molecule has 0 saturated carbocycles. The fourth-order valence-electron chi connectivity index (χ4n) is 8.36. The fourth-order valence-corrected chi connectivity index (χ4v) is 10.8. The summed E-state index contributed by atoms with van der Waals surface area (Å²) in [7, 11) is 0. The number of para-hydroxylation sites is 4. The molecule has 0 heterocycles. The molecular formula is C64H68N6O4S3. The molecule has 0 amide bonds. The van der Waals surface area contributed by atoms with E-state index in [0.29, 0.717) is 23.0 Å². The van der Waals surface area contributed by atoms with E-state index in [4.69, 9.17) is 19.7 Å². The lowest BCUT2D eigenvalue weighted by atomic mass is 10.1. The van der Waals surface area contributed by atoms with Gasteiger partial charge in [0.2, 0.25) is 0 Å². The molecule has 0 bridgehead atoms. The highest BCUT2D eigenvalue weighted by atomic mass is 32.2. The van der Waals surface area contributed by atoms with Crippen molar-refractivity contribution < 1.29 is 19.7 Å². The molecule has 2 unspecified atom stereocenters. The Morgan fingerprint density at radius 1 is 0.403 bits per heavy atom. The molecule has 0 aliphatic rings. The molecule has 77 heavy (non-hydrogen) atoms. The van der Waals surface area contributed by atoms with Crippen molar-refractivity contribution in [2.24, 2.45) is 10.2 Å². The van der Waals surface area contributed by atoms with Gasteiger partial charge in [-0.2, -0.15) is 10.2 Å². The number of anilines is 6. The van der Waals surface area contributed by atoms with Crippen LogP contribution in [0.5, 0.6) is 11.5 Å². The lowest BCUT2D eigenvalue weighted by molar-refractivity contribution is 0.126. The van der Waals surface area contributed by atoms with Crippen LogP contribution >= 0.6 is 35.3 Å². The summed E-state index contributed by atoms with van der Waals surface area (Å²) in [5, 5.41) is 36.0. The molecule has 0 aliphatic carbocycles. The third-order valence-corrected chi connectivity index (χ3v) is 15.8. The molecule has 8 aromatic carbocycles. The molecule has 0 saturated heterocycles. The minimum Gasteiger partial charge on any atom is -0.490 e. The normalized spacial score (nSPS) is 12.1. The van der Waals surface area contributed by atoms with Crippen LogP contribution < -0.4 is 29.3 Å². The van der Waals surface area contributed by atoms with E-state index in [0.717, 1.165) is 91.0 Å². The minimum absolute atomic E-state index is 0.138. The number of nitrogens with zero attached hydrogens (tertiary/aromatic N) is 6. The van der Waals surface area contributed by atoms with Crippen LogP contribution in [0.15, 0.2) is 236 Å². The van der Waals surface area contributed by atoms with E-state index in [1.165, 1.54) is 0 Å². The zero-order chi connectivity index (χ0) is 53.6. The number of hydrogen-bond donors (Lipinski definition) is 2. The number of rotatable bonds is 28. The highest BCUT2D eigenvalue weighted by Gasteiger charge is 2.16. The van der Waals surface area contributed by atoms with Crippen molar-refractivity contribution in [2.75, 3.05) is 70.7 Å². The van der Waals surface area contributed by atoms with Gasteiger partial charge in [-0.25, -0.2) is 10.0 Å². The van der Waals surface area contributed by atoms with E-state index in [1.54, 1.807) is 35.3 Å². The zero-order valence-corrected chi connectivity index (χ0v) is 46.7. The summed E-state index contributed by atoms with van der Waals surface area (Å²) in [5.41, 5.74) is 7.52. The van der Waals surface area contributed by atoms with Crippen molar-refractivity contribution in [3.63, 3.8) is 0 Å². The standard InChI is InChI=1S/C64H68N6O4S3/c1-5-67(6-2)55-31-29-49(43-65-69(51-21-13-9-14-22-51)52-23-15-10-16-24-52)63(41-55)73-45-57(71)47-75-59-33-37-61(38-34-59)77-62-39-35-60(36-40-62)76-48-58(72)46-74-64-42-56(68(7-3)8-4)32-30-50(64)44-66-70(53-25-17-11-18-26-53)54-27-19-12-20-28-54/h9-44,57-58,71-72H,5-8,45-48H2,1-4H3/b65-43+,66-44+. The van der Waals surface area contributed by atoms with Gasteiger partial charge >= 0.3 is 0 Å². The largest absolute Gasteiger partial charge is 0.490 e. The Morgan fingerprint density at radius 3 is 1.03 bits per heavy atom. The van der Waals surface area contributed by atoms with Crippen LogP contribution in [0.4, 0.5) is 34.1 Å². The molecule has 8 rings (SSSR count). The van der Waals surface area contributed by atoms with Gasteiger partial charge in [-0.3, -0.25) is 0 Å². The van der Waals surface area contributed by atoms with E-state index in [9.17, 15) is 10.2 Å². The van der Waals surface area contributed by atoms with Gasteiger partial charge in [0.05, 0.1) is 47.4 Å². The quantitative estimate of drug-likeness (QED) is 0.0279. The van der Waals surface area contributed by atoms with Gasteiger partial charge in [0.1, 0.15) is 24.7 Å². The number of aliphatic hydroxyl groups excluding tert-OH is 2. The van der Waals surface area contributed by atoms with E-state index >= 15 is 0 Å². The second kappa shape index (κ2) is 29.4. The lowest BCUT2D eigenvalue weighted by Gasteiger charge is -2.23. The molecule has 2 N–H and O–H groups in total. The highest BCUT2D eigenvalue weighted by molar-refractivity contribution is 8.00. The van der Waals surface area contributed by atoms with Crippen LogP contribution in [0.2, 0.25) is 0 Å². The molecule has 13 heteroatoms. The van der Waals surface area contributed by atoms with Crippen molar-refractivity contribution in [1.82, 2.24) is 0 Å². The molecule has 0 spiro atoms. The number of aliphatic hydroxyl groups is 2. The van der Waals surface area contributed by atoms with Gasteiger partial charge in [-0.05, 0) is 149 Å². The van der Waals surface area contributed by atoms with Crippen molar-refractivity contribution in [1.29, 1.82) is 0 Å². The molecule has 0 fully saturated rings. The Labute approximate surface area is 468 Å². The zero-order valence-electron chi connectivity index (χ0n) is 44.2. The molecule has 10 nitrogen and oxygen atoms in total. The Balaban J connectivity index is 0.824. The number of hydrogen-bond acceptors (Lipinski definition) is 13. The summed E-state index contributed by atoms with van der Waals surface area (Å²) in [5.74, 6) is 2.28. The summed E-state index contributed by atoms with van der Waals surface area (Å²) >= 11 is 4.90. The van der Waals surface area contributed by atoms with Gasteiger partial charge in [-0.1, -0.05) is 84.6 Å². The average Bonchev–Trinajstić information content (AvgIpc) is 3.48. The van der Waals surface area contributed by atoms with E-state index in [-0.39, 0.29) is 13.2 Å². The lowest BCUT2D eigenvalue weighted by Crippen LogP contribution is -2.23. The van der Waals surface area contributed by atoms with Crippen LogP contribution in [-0.2, 0) is 0 Å². The van der Waals surface area contributed by atoms with Crippen molar-refractivity contribution in [3.8, 4) is 11.5 Å². The van der Waals surface area contributed by atoms with Crippen LogP contribution in [-0.4, -0.2) is 85.7 Å². The summed E-state index contributed by atoms with van der Waals surface area (Å²) < 4.78 is 12.8. The maximum absolute atomic E-state index is 11.2. The highest BCUT2D eigenvalue weighted by Crippen LogP contribution is 2.34. The smallest absolute Gasteiger partial charge is 0.130 e. The van der Waals surface area contributed by atoms with Gasteiger partial charge in [-0.15, -0.1) is 23.5 Å². The Morgan fingerprint density at radius 2 is 0.714 bits per heavy atom. The van der Waals surface area contributed by atoms with Crippen molar-refractivity contribution >= 4 is 81.8 Å². The molecule has 8 aromatic rings. The second-order valence-corrected chi connectivity index (χ2v) is 21.2. The van der Waals surface area contributed by atoms with Gasteiger partial charge in [0, 0.05) is 91.9 Å². The van der Waals surface area contributed by atoms with Crippen molar-refractivity contribution in [2.45, 2.75) is 59.5 Å². The summed E-state index contributed by atoms with van der Waals surface area (Å²) in [4.78, 5) is 8.93. The summed E-state index contributed by atoms with van der Waals surface area (Å²) in [6.07, 6.45) is 2.26. The van der Waals surface area contributed by atoms with Gasteiger partial charge < -0.3 is 29.5 Å². The first-order chi connectivity index (χ1) is 37.8. The number of hydrazone groups is 2. The average molecular weight is 1080 g/mol. The van der Waals surface area contributed by atoms with E-state index in [1.807, 2.05) is 168 Å². The Kier molecular flexibility index (Phi) is 21.4. The Hall–Kier alpha value is -7.13.